The van der Waals surface area contributed by atoms with E-state index in [0.717, 1.165) is 48.1 Å². The van der Waals surface area contributed by atoms with E-state index < -0.39 is 0 Å². The zero-order chi connectivity index (χ0) is 33.2. The average Bonchev–Trinajstić information content (AvgIpc) is 3.06. The van der Waals surface area contributed by atoms with Crippen LogP contribution in [-0.2, 0) is 24.1 Å². The van der Waals surface area contributed by atoms with Gasteiger partial charge in [0.1, 0.15) is 5.78 Å². The number of Topliss-reactive ketones (excluding diaryl/α,β-unsaturated/α-hetero) is 2. The summed E-state index contributed by atoms with van der Waals surface area (Å²) in [6, 6.07) is 24.4. The summed E-state index contributed by atoms with van der Waals surface area (Å²) in [6.45, 7) is 23.2. The zero-order valence-electron chi connectivity index (χ0n) is 28.9. The Morgan fingerprint density at radius 2 is 1.16 bits per heavy atom. The number of allylic oxidation sites excluding steroid dienone is 1. The Morgan fingerprint density at radius 3 is 1.47 bits per heavy atom. The molecule has 0 bridgehead atoms. The van der Waals surface area contributed by atoms with Crippen LogP contribution in [0.15, 0.2) is 85.1 Å². The van der Waals surface area contributed by atoms with Crippen molar-refractivity contribution in [3.63, 3.8) is 0 Å². The van der Waals surface area contributed by atoms with Gasteiger partial charge in [0.2, 0.25) is 0 Å². The molecule has 1 N–H and O–H groups in total. The van der Waals surface area contributed by atoms with Gasteiger partial charge in [-0.25, -0.2) is 0 Å². The standard InChI is InChI=1S/C19H18O.C10H14.C7H13NO.2C2H6/c1-3-4-16-5-7-17(8-6-16)9-10-18-11-13-19(14-12-18)15(2)20;1-3-9-7-5-6-8-10(9)4-2;1-5(7(3)9)6(2)8-4;2*1-2/h5-8,11-14H,3-4H2,1-2H3;5-8H,3-4H2,1-2H3;5,8H,2H2,1,3-4H3;2*1-2H3. The minimum atomic E-state index is -0.0602. The van der Waals surface area contributed by atoms with Crippen molar-refractivity contribution in [2.45, 2.75) is 94.9 Å². The van der Waals surface area contributed by atoms with E-state index in [2.05, 4.69) is 93.0 Å². The first-order chi connectivity index (χ1) is 20.7. The topological polar surface area (TPSA) is 46.2 Å². The molecular weight excluding hydrogens is 526 g/mol. The van der Waals surface area contributed by atoms with E-state index in [1.807, 2.05) is 58.9 Å². The fourth-order valence-corrected chi connectivity index (χ4v) is 3.69. The summed E-state index contributed by atoms with van der Waals surface area (Å²) < 4.78 is 0. The largest absolute Gasteiger partial charge is 0.391 e. The second kappa shape index (κ2) is 25.8. The van der Waals surface area contributed by atoms with Gasteiger partial charge in [-0.05, 0) is 81.0 Å². The molecule has 3 rings (SSSR count). The molecule has 3 heteroatoms. The van der Waals surface area contributed by atoms with Gasteiger partial charge in [-0.15, -0.1) is 0 Å². The number of carbonyl (C=O) groups excluding carboxylic acids is 2. The summed E-state index contributed by atoms with van der Waals surface area (Å²) >= 11 is 0. The summed E-state index contributed by atoms with van der Waals surface area (Å²) in [6.07, 6.45) is 4.59. The van der Waals surface area contributed by atoms with E-state index in [9.17, 15) is 9.59 Å². The Bertz CT molecular complexity index is 1220. The summed E-state index contributed by atoms with van der Waals surface area (Å²) in [5.74, 6) is 6.43. The molecule has 0 aliphatic rings. The fraction of sp³-hybridized carbons (Fsp3) is 0.400. The molecule has 0 aromatic heterocycles. The monoisotopic (exact) mass is 583 g/mol. The van der Waals surface area contributed by atoms with E-state index >= 15 is 0 Å². The number of aryl methyl sites for hydroxylation is 3. The van der Waals surface area contributed by atoms with Crippen molar-refractivity contribution in [1.29, 1.82) is 0 Å². The Kier molecular flexibility index (Phi) is 24.7. The number of carbonyl (C=O) groups is 2. The summed E-state index contributed by atoms with van der Waals surface area (Å²) in [4.78, 5) is 21.8. The van der Waals surface area contributed by atoms with Crippen LogP contribution in [0, 0.1) is 17.8 Å². The second-order valence-corrected chi connectivity index (χ2v) is 9.41. The lowest BCUT2D eigenvalue weighted by atomic mass is 10.0. The van der Waals surface area contributed by atoms with Gasteiger partial charge in [0.15, 0.2) is 5.78 Å². The predicted molar refractivity (Wildman–Crippen MR) is 189 cm³/mol. The lowest BCUT2D eigenvalue weighted by Gasteiger charge is -2.09. The lowest BCUT2D eigenvalue weighted by Crippen LogP contribution is -2.18. The van der Waals surface area contributed by atoms with Gasteiger partial charge in [-0.1, -0.05) is 122 Å². The highest BCUT2D eigenvalue weighted by Gasteiger charge is 2.08. The molecule has 0 aliphatic heterocycles. The molecule has 3 nitrogen and oxygen atoms in total. The van der Waals surface area contributed by atoms with E-state index in [-0.39, 0.29) is 17.5 Å². The molecule has 0 amide bonds. The molecule has 0 aliphatic carbocycles. The van der Waals surface area contributed by atoms with Crippen LogP contribution in [0.3, 0.4) is 0 Å². The van der Waals surface area contributed by atoms with E-state index in [1.54, 1.807) is 20.9 Å². The summed E-state index contributed by atoms with van der Waals surface area (Å²) in [7, 11) is 1.77. The van der Waals surface area contributed by atoms with Crippen molar-refractivity contribution < 1.29 is 9.59 Å². The van der Waals surface area contributed by atoms with E-state index in [1.165, 1.54) is 16.7 Å². The molecule has 1 unspecified atom stereocenters. The van der Waals surface area contributed by atoms with Gasteiger partial charge in [0, 0.05) is 29.4 Å². The van der Waals surface area contributed by atoms with Crippen molar-refractivity contribution in [2.24, 2.45) is 5.92 Å². The third-order valence-corrected chi connectivity index (χ3v) is 6.47. The van der Waals surface area contributed by atoms with Crippen LogP contribution >= 0.6 is 0 Å². The van der Waals surface area contributed by atoms with Crippen molar-refractivity contribution in [3.8, 4) is 11.8 Å². The summed E-state index contributed by atoms with van der Waals surface area (Å²) in [5.41, 5.74) is 7.77. The van der Waals surface area contributed by atoms with Gasteiger partial charge in [0.25, 0.3) is 0 Å². The molecule has 234 valence electrons. The highest BCUT2D eigenvalue weighted by molar-refractivity contribution is 5.94. The van der Waals surface area contributed by atoms with Crippen LogP contribution in [0.25, 0.3) is 0 Å². The van der Waals surface area contributed by atoms with Crippen LogP contribution < -0.4 is 5.32 Å². The molecule has 1 atom stereocenters. The highest BCUT2D eigenvalue weighted by atomic mass is 16.1. The molecule has 43 heavy (non-hydrogen) atoms. The quantitative estimate of drug-likeness (QED) is 0.212. The minimum absolute atomic E-state index is 0.0602. The minimum Gasteiger partial charge on any atom is -0.391 e. The lowest BCUT2D eigenvalue weighted by molar-refractivity contribution is -0.119. The molecule has 0 saturated heterocycles. The Labute approximate surface area is 264 Å². The van der Waals surface area contributed by atoms with Gasteiger partial charge in [-0.3, -0.25) is 9.59 Å². The Balaban J connectivity index is 0. The van der Waals surface area contributed by atoms with Gasteiger partial charge >= 0.3 is 0 Å². The number of ketones is 2. The fourth-order valence-electron chi connectivity index (χ4n) is 3.69. The maximum absolute atomic E-state index is 11.2. The molecule has 0 spiro atoms. The van der Waals surface area contributed by atoms with Crippen LogP contribution in [0.5, 0.6) is 0 Å². The van der Waals surface area contributed by atoms with Crippen LogP contribution in [-0.4, -0.2) is 18.6 Å². The van der Waals surface area contributed by atoms with Crippen molar-refractivity contribution >= 4 is 11.6 Å². The van der Waals surface area contributed by atoms with Crippen molar-refractivity contribution in [1.82, 2.24) is 5.32 Å². The molecule has 3 aromatic rings. The maximum Gasteiger partial charge on any atom is 0.159 e. The Hall–Kier alpha value is -3.90. The number of hydrogen-bond acceptors (Lipinski definition) is 3. The molecule has 3 aromatic carbocycles. The number of hydrogen-bond donors (Lipinski definition) is 1. The average molecular weight is 584 g/mol. The predicted octanol–water partition coefficient (Wildman–Crippen LogP) is 10.0. The first kappa shape index (κ1) is 41.2. The SMILES string of the molecule is C=C(NC)C(C)C(C)=O.CC.CC.CCCc1ccc(C#Cc2ccc(C(C)=O)cc2)cc1.CCc1ccccc1CC. The molecule has 0 saturated carbocycles. The molecule has 0 heterocycles. The van der Waals surface area contributed by atoms with Gasteiger partial charge in [0.05, 0.1) is 5.92 Å². The number of rotatable bonds is 8. The van der Waals surface area contributed by atoms with E-state index in [0.29, 0.717) is 0 Å². The van der Waals surface area contributed by atoms with Crippen LogP contribution in [0.1, 0.15) is 114 Å². The van der Waals surface area contributed by atoms with Crippen molar-refractivity contribution in [3.05, 3.63) is 118 Å². The number of nitrogens with one attached hydrogen (secondary N) is 1. The number of benzene rings is 3. The third-order valence-electron chi connectivity index (χ3n) is 6.47. The van der Waals surface area contributed by atoms with Crippen molar-refractivity contribution in [2.75, 3.05) is 7.05 Å². The zero-order valence-corrected chi connectivity index (χ0v) is 28.9. The van der Waals surface area contributed by atoms with Crippen LogP contribution in [0.2, 0.25) is 0 Å². The van der Waals surface area contributed by atoms with Gasteiger partial charge < -0.3 is 5.32 Å². The first-order valence-corrected chi connectivity index (χ1v) is 15.8. The molecule has 0 fully saturated rings. The van der Waals surface area contributed by atoms with E-state index in [4.69, 9.17) is 0 Å². The summed E-state index contributed by atoms with van der Waals surface area (Å²) in [5, 5.41) is 2.83. The second-order valence-electron chi connectivity index (χ2n) is 9.41. The maximum atomic E-state index is 11.2. The first-order valence-electron chi connectivity index (χ1n) is 15.8. The van der Waals surface area contributed by atoms with Gasteiger partial charge in [-0.2, -0.15) is 0 Å². The highest BCUT2D eigenvalue weighted by Crippen LogP contribution is 2.09. The Morgan fingerprint density at radius 1 is 0.744 bits per heavy atom. The van der Waals surface area contributed by atoms with Crippen LogP contribution in [0.4, 0.5) is 0 Å². The third kappa shape index (κ3) is 17.6. The normalized spacial score (nSPS) is 9.65. The smallest absolute Gasteiger partial charge is 0.159 e. The molecular formula is C40H57NO2. The molecule has 0 radical (unpaired) electrons.